The Balaban J connectivity index is 1.65. The van der Waals surface area contributed by atoms with Gasteiger partial charge in [0.1, 0.15) is 0 Å². The molecule has 164 valence electrons. The molecule has 1 heterocycles. The summed E-state index contributed by atoms with van der Waals surface area (Å²) in [5, 5.41) is 5.83. The number of nitrogens with one attached hydrogen (secondary N) is 1. The van der Waals surface area contributed by atoms with Gasteiger partial charge in [-0.3, -0.25) is 0 Å². The first-order valence-electron chi connectivity index (χ1n) is 10.9. The quantitative estimate of drug-likeness (QED) is 0.374. The van der Waals surface area contributed by atoms with E-state index in [0.717, 1.165) is 62.7 Å². The molecule has 6 heteroatoms. The number of unbranched alkanes of at least 4 members (excludes halogenated alkanes) is 1. The Morgan fingerprint density at radius 1 is 1.00 bits per heavy atom. The Labute approximate surface area is 195 Å². The molecular weight excluding hydrogens is 439 g/mol. The highest BCUT2D eigenvalue weighted by Crippen LogP contribution is 2.39. The van der Waals surface area contributed by atoms with Crippen LogP contribution in [0.1, 0.15) is 50.6 Å². The lowest BCUT2D eigenvalue weighted by Gasteiger charge is -2.42. The minimum absolute atomic E-state index is 0.230. The first kappa shape index (κ1) is 23.7. The molecule has 2 aromatic rings. The molecule has 0 spiro atoms. The van der Waals surface area contributed by atoms with E-state index >= 15 is 0 Å². The Bertz CT molecular complexity index is 785. The molecular formula is C24H31Cl3N2O. The maximum Gasteiger partial charge on any atom is 0.0654 e. The number of rotatable bonds is 10. The van der Waals surface area contributed by atoms with Gasteiger partial charge in [-0.2, -0.15) is 0 Å². The molecule has 2 aromatic carbocycles. The molecule has 0 radical (unpaired) electrons. The molecule has 3 rings (SSSR count). The molecule has 1 fully saturated rings. The zero-order chi connectivity index (χ0) is 21.3. The van der Waals surface area contributed by atoms with Gasteiger partial charge >= 0.3 is 0 Å². The van der Waals surface area contributed by atoms with Crippen LogP contribution in [0, 0.1) is 0 Å². The van der Waals surface area contributed by atoms with E-state index in [1.807, 2.05) is 30.3 Å². The summed E-state index contributed by atoms with van der Waals surface area (Å²) in [7, 11) is 0. The van der Waals surface area contributed by atoms with Crippen molar-refractivity contribution in [3.8, 4) is 0 Å². The first-order chi connectivity index (χ1) is 14.6. The second-order valence-corrected chi connectivity index (χ2v) is 9.13. The van der Waals surface area contributed by atoms with Gasteiger partial charge in [-0.25, -0.2) is 0 Å². The normalized spacial score (nSPS) is 19.3. The van der Waals surface area contributed by atoms with Gasteiger partial charge in [-0.1, -0.05) is 60.3 Å². The van der Waals surface area contributed by atoms with Crippen LogP contribution in [0.5, 0.6) is 0 Å². The zero-order valence-electron chi connectivity index (χ0n) is 17.5. The summed E-state index contributed by atoms with van der Waals surface area (Å²) in [5.74, 6) is 0. The van der Waals surface area contributed by atoms with Gasteiger partial charge in [0.15, 0.2) is 0 Å². The monoisotopic (exact) mass is 468 g/mol. The van der Waals surface area contributed by atoms with Crippen molar-refractivity contribution in [1.29, 1.82) is 0 Å². The molecule has 0 aliphatic carbocycles. The Hall–Kier alpha value is -0.970. The third kappa shape index (κ3) is 6.77. The second-order valence-electron chi connectivity index (χ2n) is 7.85. The van der Waals surface area contributed by atoms with Gasteiger partial charge in [0.25, 0.3) is 0 Å². The maximum absolute atomic E-state index is 6.56. The van der Waals surface area contributed by atoms with Gasteiger partial charge < -0.3 is 15.0 Å². The number of nitrogens with zero attached hydrogens (tertiary/aromatic N) is 1. The van der Waals surface area contributed by atoms with Crippen molar-refractivity contribution in [2.24, 2.45) is 0 Å². The summed E-state index contributed by atoms with van der Waals surface area (Å²) in [4.78, 5) is 2.40. The molecule has 30 heavy (non-hydrogen) atoms. The smallest absolute Gasteiger partial charge is 0.0654 e. The van der Waals surface area contributed by atoms with E-state index in [2.05, 4.69) is 29.3 Å². The van der Waals surface area contributed by atoms with Crippen molar-refractivity contribution in [3.63, 3.8) is 0 Å². The molecule has 0 saturated carbocycles. The van der Waals surface area contributed by atoms with E-state index in [1.54, 1.807) is 0 Å². The van der Waals surface area contributed by atoms with Crippen molar-refractivity contribution in [2.75, 3.05) is 31.2 Å². The highest BCUT2D eigenvalue weighted by molar-refractivity contribution is 6.36. The summed E-state index contributed by atoms with van der Waals surface area (Å²) in [5.41, 5.74) is 2.28. The minimum Gasteiger partial charge on any atom is -0.381 e. The average molecular weight is 470 g/mol. The van der Waals surface area contributed by atoms with Crippen molar-refractivity contribution < 1.29 is 4.74 Å². The highest BCUT2D eigenvalue weighted by atomic mass is 35.5. The lowest BCUT2D eigenvalue weighted by molar-refractivity contribution is 0.127. The van der Waals surface area contributed by atoms with Crippen LogP contribution in [0.25, 0.3) is 0 Å². The fraction of sp³-hybridized carbons (Fsp3) is 0.500. The van der Waals surface area contributed by atoms with Crippen LogP contribution in [0.15, 0.2) is 42.5 Å². The summed E-state index contributed by atoms with van der Waals surface area (Å²) in [6.07, 6.45) is 5.44. The SMILES string of the molecule is CCCCOCCCNC1CCN(c2ccc(Cl)cc2Cl)C(c2ccc(Cl)cc2)C1. The third-order valence-electron chi connectivity index (χ3n) is 5.62. The van der Waals surface area contributed by atoms with E-state index in [1.165, 1.54) is 12.0 Å². The summed E-state index contributed by atoms with van der Waals surface area (Å²) in [6, 6.07) is 14.6. The molecule has 0 amide bonds. The molecule has 0 aromatic heterocycles. The molecule has 0 bridgehead atoms. The van der Waals surface area contributed by atoms with Crippen molar-refractivity contribution >= 4 is 40.5 Å². The minimum atomic E-state index is 0.230. The number of ether oxygens (including phenoxy) is 1. The van der Waals surface area contributed by atoms with Crippen LogP contribution in [0.2, 0.25) is 15.1 Å². The number of piperidine rings is 1. The van der Waals surface area contributed by atoms with Gasteiger partial charge in [0.05, 0.1) is 16.8 Å². The molecule has 3 nitrogen and oxygen atoms in total. The summed E-state index contributed by atoms with van der Waals surface area (Å²) >= 11 is 18.8. The summed E-state index contributed by atoms with van der Waals surface area (Å²) < 4.78 is 5.68. The van der Waals surface area contributed by atoms with E-state index in [0.29, 0.717) is 16.1 Å². The molecule has 1 saturated heterocycles. The van der Waals surface area contributed by atoms with Gasteiger partial charge in [0, 0.05) is 35.8 Å². The van der Waals surface area contributed by atoms with Gasteiger partial charge in [0.2, 0.25) is 0 Å². The third-order valence-corrected chi connectivity index (χ3v) is 6.41. The highest BCUT2D eigenvalue weighted by Gasteiger charge is 2.30. The first-order valence-corrected chi connectivity index (χ1v) is 12.0. The number of benzene rings is 2. The lowest BCUT2D eigenvalue weighted by atomic mass is 9.91. The van der Waals surface area contributed by atoms with E-state index in [4.69, 9.17) is 39.5 Å². The van der Waals surface area contributed by atoms with Crippen LogP contribution >= 0.6 is 34.8 Å². The lowest BCUT2D eigenvalue weighted by Crippen LogP contribution is -2.45. The van der Waals surface area contributed by atoms with Crippen LogP contribution in [-0.2, 0) is 4.74 Å². The average Bonchev–Trinajstić information content (AvgIpc) is 2.74. The number of anilines is 1. The summed E-state index contributed by atoms with van der Waals surface area (Å²) in [6.45, 7) is 5.79. The maximum atomic E-state index is 6.56. The van der Waals surface area contributed by atoms with Crippen LogP contribution in [0.3, 0.4) is 0 Å². The molecule has 2 atom stereocenters. The molecule has 2 unspecified atom stereocenters. The predicted octanol–water partition coefficient (Wildman–Crippen LogP) is 7.15. The topological polar surface area (TPSA) is 24.5 Å². The fourth-order valence-corrected chi connectivity index (χ4v) is 4.63. The number of hydrogen-bond donors (Lipinski definition) is 1. The largest absolute Gasteiger partial charge is 0.381 e. The van der Waals surface area contributed by atoms with Gasteiger partial charge in [-0.15, -0.1) is 0 Å². The van der Waals surface area contributed by atoms with Gasteiger partial charge in [-0.05, 0) is 68.1 Å². The van der Waals surface area contributed by atoms with Crippen LogP contribution < -0.4 is 10.2 Å². The van der Waals surface area contributed by atoms with Crippen LogP contribution in [-0.4, -0.2) is 32.3 Å². The molecule has 1 aliphatic rings. The second kappa shape index (κ2) is 12.2. The number of halogens is 3. The Morgan fingerprint density at radius 2 is 1.73 bits per heavy atom. The standard InChI is InChI=1S/C24H31Cl3N2O/c1-2-3-14-30-15-4-12-28-21-11-13-29(23-10-9-20(26)16-22(23)27)24(17-21)18-5-7-19(25)8-6-18/h5-10,16,21,24,28H,2-4,11-15,17H2,1H3. The predicted molar refractivity (Wildman–Crippen MR) is 129 cm³/mol. The van der Waals surface area contributed by atoms with Crippen molar-refractivity contribution in [2.45, 2.75) is 51.1 Å². The zero-order valence-corrected chi connectivity index (χ0v) is 19.8. The van der Waals surface area contributed by atoms with E-state index in [-0.39, 0.29) is 6.04 Å². The van der Waals surface area contributed by atoms with E-state index < -0.39 is 0 Å². The number of hydrogen-bond acceptors (Lipinski definition) is 3. The van der Waals surface area contributed by atoms with Crippen LogP contribution in [0.4, 0.5) is 5.69 Å². The fourth-order valence-electron chi connectivity index (χ4n) is 3.98. The molecule has 1 N–H and O–H groups in total. The van der Waals surface area contributed by atoms with Crippen molar-refractivity contribution in [3.05, 3.63) is 63.1 Å². The molecule has 1 aliphatic heterocycles. The van der Waals surface area contributed by atoms with Crippen molar-refractivity contribution in [1.82, 2.24) is 5.32 Å². The van der Waals surface area contributed by atoms with E-state index in [9.17, 15) is 0 Å². The Kier molecular flexibility index (Phi) is 9.61. The Morgan fingerprint density at radius 3 is 2.47 bits per heavy atom.